The van der Waals surface area contributed by atoms with Crippen molar-refractivity contribution in [3.05, 3.63) is 47.0 Å². The number of rotatable bonds is 3. The fourth-order valence-corrected chi connectivity index (χ4v) is 2.76. The number of nitrogens with zero attached hydrogens (tertiary/aromatic N) is 3. The molecular weight excluding hydrogens is 332 g/mol. The summed E-state index contributed by atoms with van der Waals surface area (Å²) in [5, 5.41) is 8.61. The van der Waals surface area contributed by atoms with Gasteiger partial charge in [-0.25, -0.2) is 18.4 Å². The molecule has 0 aliphatic carbocycles. The summed E-state index contributed by atoms with van der Waals surface area (Å²) < 4.78 is 26.9. The average molecular weight is 339 g/mol. The first kappa shape index (κ1) is 13.5. The van der Waals surface area contributed by atoms with Crippen molar-refractivity contribution in [1.82, 2.24) is 9.97 Å². The molecule has 96 valence electrons. The molecule has 0 radical (unpaired) electrons. The van der Waals surface area contributed by atoms with E-state index in [1.807, 2.05) is 6.07 Å². The zero-order chi connectivity index (χ0) is 13.9. The summed E-state index contributed by atoms with van der Waals surface area (Å²) in [5.41, 5.74) is 0.480. The van der Waals surface area contributed by atoms with Gasteiger partial charge in [0.2, 0.25) is 0 Å². The molecule has 0 amide bonds. The molecule has 0 unspecified atom stereocenters. The monoisotopic (exact) mass is 338 g/mol. The van der Waals surface area contributed by atoms with E-state index in [9.17, 15) is 8.42 Å². The van der Waals surface area contributed by atoms with Crippen molar-refractivity contribution in [2.24, 2.45) is 0 Å². The van der Waals surface area contributed by atoms with Crippen LogP contribution in [0.5, 0.6) is 0 Å². The molecule has 0 saturated carbocycles. The van der Waals surface area contributed by atoms with Crippen molar-refractivity contribution >= 4 is 31.6 Å². The van der Waals surface area contributed by atoms with E-state index < -0.39 is 10.0 Å². The fraction of sp³-hybridized carbons (Fsp3) is 0. The van der Waals surface area contributed by atoms with Crippen LogP contribution in [0.15, 0.2) is 46.2 Å². The molecule has 2 rings (SSSR count). The van der Waals surface area contributed by atoms with E-state index in [1.165, 1.54) is 18.3 Å². The van der Waals surface area contributed by atoms with Crippen molar-refractivity contribution in [2.75, 3.05) is 4.72 Å². The highest BCUT2D eigenvalue weighted by Gasteiger charge is 2.16. The average Bonchev–Trinajstić information content (AvgIpc) is 2.41. The van der Waals surface area contributed by atoms with Gasteiger partial charge in [0.25, 0.3) is 10.0 Å². The minimum Gasteiger partial charge on any atom is -0.277 e. The number of nitriles is 1. The molecule has 0 bridgehead atoms. The molecule has 0 fully saturated rings. The number of anilines is 1. The molecule has 0 saturated heterocycles. The highest BCUT2D eigenvalue weighted by Crippen LogP contribution is 2.22. The second kappa shape index (κ2) is 5.34. The Balaban J connectivity index is 2.33. The van der Waals surface area contributed by atoms with E-state index >= 15 is 0 Å². The number of sulfonamides is 1. The molecule has 8 heteroatoms. The first-order valence-electron chi connectivity index (χ1n) is 5.02. The minimum atomic E-state index is -3.75. The smallest absolute Gasteiger partial charge is 0.263 e. The van der Waals surface area contributed by atoms with Gasteiger partial charge in [-0.15, -0.1) is 0 Å². The van der Waals surface area contributed by atoms with Crippen molar-refractivity contribution in [1.29, 1.82) is 5.26 Å². The maximum absolute atomic E-state index is 12.1. The van der Waals surface area contributed by atoms with Crippen LogP contribution in [0.25, 0.3) is 0 Å². The lowest BCUT2D eigenvalue weighted by molar-refractivity contribution is 0.600. The molecule has 2 aromatic rings. The van der Waals surface area contributed by atoms with E-state index in [-0.39, 0.29) is 10.6 Å². The molecule has 2 aromatic heterocycles. The second-order valence-electron chi connectivity index (χ2n) is 3.44. The largest absolute Gasteiger partial charge is 0.277 e. The van der Waals surface area contributed by atoms with E-state index in [0.29, 0.717) is 10.3 Å². The van der Waals surface area contributed by atoms with Gasteiger partial charge in [-0.3, -0.25) is 4.72 Å². The van der Waals surface area contributed by atoms with Crippen molar-refractivity contribution < 1.29 is 8.42 Å². The molecule has 0 spiro atoms. The number of hydrogen-bond donors (Lipinski definition) is 1. The van der Waals surface area contributed by atoms with Crippen LogP contribution in [0.3, 0.4) is 0 Å². The third kappa shape index (κ3) is 3.07. The SMILES string of the molecule is N#Cc1ccc(S(=O)(=O)Nc2cccnc2Br)cn1. The lowest BCUT2D eigenvalue weighted by Gasteiger charge is -2.08. The first-order valence-corrected chi connectivity index (χ1v) is 7.30. The molecule has 1 N–H and O–H groups in total. The molecule has 0 aliphatic heterocycles. The van der Waals surface area contributed by atoms with Gasteiger partial charge in [-0.2, -0.15) is 5.26 Å². The van der Waals surface area contributed by atoms with Gasteiger partial charge in [-0.1, -0.05) is 0 Å². The quantitative estimate of drug-likeness (QED) is 0.862. The summed E-state index contributed by atoms with van der Waals surface area (Å²) in [5.74, 6) is 0. The highest BCUT2D eigenvalue weighted by molar-refractivity contribution is 9.10. The lowest BCUT2D eigenvalue weighted by atomic mass is 10.4. The van der Waals surface area contributed by atoms with Gasteiger partial charge >= 0.3 is 0 Å². The zero-order valence-corrected chi connectivity index (χ0v) is 11.8. The van der Waals surface area contributed by atoms with Crippen LogP contribution in [0, 0.1) is 11.3 Å². The van der Waals surface area contributed by atoms with E-state index in [1.54, 1.807) is 12.1 Å². The van der Waals surface area contributed by atoms with Crippen molar-refractivity contribution in [3.63, 3.8) is 0 Å². The minimum absolute atomic E-state index is 0.0257. The number of hydrogen-bond acceptors (Lipinski definition) is 5. The second-order valence-corrected chi connectivity index (χ2v) is 5.87. The summed E-state index contributed by atoms with van der Waals surface area (Å²) in [6, 6.07) is 7.66. The molecule has 6 nitrogen and oxygen atoms in total. The van der Waals surface area contributed by atoms with Crippen LogP contribution < -0.4 is 4.72 Å². The van der Waals surface area contributed by atoms with Crippen molar-refractivity contribution in [3.8, 4) is 6.07 Å². The molecule has 19 heavy (non-hydrogen) atoms. The number of nitrogens with one attached hydrogen (secondary N) is 1. The van der Waals surface area contributed by atoms with Gasteiger partial charge < -0.3 is 0 Å². The normalized spacial score (nSPS) is 10.7. The first-order chi connectivity index (χ1) is 9.03. The fourth-order valence-electron chi connectivity index (χ4n) is 1.27. The summed E-state index contributed by atoms with van der Waals surface area (Å²) in [7, 11) is -3.75. The Bertz CT molecular complexity index is 738. The van der Waals surface area contributed by atoms with Gasteiger partial charge in [0.1, 0.15) is 21.3 Å². The maximum atomic E-state index is 12.1. The molecule has 0 atom stereocenters. The van der Waals surface area contributed by atoms with E-state index in [2.05, 4.69) is 30.6 Å². The van der Waals surface area contributed by atoms with Crippen LogP contribution in [-0.4, -0.2) is 18.4 Å². The van der Waals surface area contributed by atoms with Crippen LogP contribution in [-0.2, 0) is 10.0 Å². The summed E-state index contributed by atoms with van der Waals surface area (Å²) in [4.78, 5) is 7.61. The summed E-state index contributed by atoms with van der Waals surface area (Å²) in [6.07, 6.45) is 2.66. The Kier molecular flexibility index (Phi) is 3.78. The topological polar surface area (TPSA) is 95.7 Å². The van der Waals surface area contributed by atoms with E-state index in [0.717, 1.165) is 6.20 Å². The lowest BCUT2D eigenvalue weighted by Crippen LogP contribution is -2.13. The Labute approximate surface area is 118 Å². The summed E-state index contributed by atoms with van der Waals surface area (Å²) in [6.45, 7) is 0. The van der Waals surface area contributed by atoms with Gasteiger partial charge in [0, 0.05) is 12.4 Å². The predicted molar refractivity (Wildman–Crippen MR) is 71.7 cm³/mol. The molecule has 0 aromatic carbocycles. The Hall–Kier alpha value is -1.98. The standard InChI is InChI=1S/C11H7BrN4O2S/c12-11-10(2-1-5-14-11)16-19(17,18)9-4-3-8(6-13)15-7-9/h1-5,7,16H. The third-order valence-corrected chi connectivity index (χ3v) is 4.15. The van der Waals surface area contributed by atoms with Crippen LogP contribution >= 0.6 is 15.9 Å². The van der Waals surface area contributed by atoms with Crippen LogP contribution in [0.2, 0.25) is 0 Å². The third-order valence-electron chi connectivity index (χ3n) is 2.16. The van der Waals surface area contributed by atoms with Gasteiger partial charge in [0.15, 0.2) is 0 Å². The number of halogens is 1. The van der Waals surface area contributed by atoms with Crippen LogP contribution in [0.1, 0.15) is 5.69 Å². The number of aromatic nitrogens is 2. The molecular formula is C11H7BrN4O2S. The Morgan fingerprint density at radius 2 is 2.05 bits per heavy atom. The predicted octanol–water partition coefficient (Wildman–Crippen LogP) is 1.91. The van der Waals surface area contributed by atoms with Crippen LogP contribution in [0.4, 0.5) is 5.69 Å². The van der Waals surface area contributed by atoms with Gasteiger partial charge in [-0.05, 0) is 40.2 Å². The number of pyridine rings is 2. The zero-order valence-electron chi connectivity index (χ0n) is 9.41. The molecule has 0 aliphatic rings. The molecule has 2 heterocycles. The Morgan fingerprint density at radius 1 is 1.26 bits per heavy atom. The summed E-state index contributed by atoms with van der Waals surface area (Å²) >= 11 is 3.15. The maximum Gasteiger partial charge on any atom is 0.263 e. The Morgan fingerprint density at radius 3 is 2.63 bits per heavy atom. The van der Waals surface area contributed by atoms with E-state index in [4.69, 9.17) is 5.26 Å². The van der Waals surface area contributed by atoms with Crippen molar-refractivity contribution in [2.45, 2.75) is 4.90 Å². The van der Waals surface area contributed by atoms with Gasteiger partial charge in [0.05, 0.1) is 5.69 Å². The highest BCUT2D eigenvalue weighted by atomic mass is 79.9.